The van der Waals surface area contributed by atoms with Gasteiger partial charge in [-0.25, -0.2) is 4.39 Å². The van der Waals surface area contributed by atoms with Crippen LogP contribution in [-0.4, -0.2) is 37.8 Å². The molecular weight excluding hydrogens is 283 g/mol. The molecule has 2 aliphatic carbocycles. The summed E-state index contributed by atoms with van der Waals surface area (Å²) in [6, 6.07) is 4.62. The van der Waals surface area contributed by atoms with E-state index >= 15 is 0 Å². The summed E-state index contributed by atoms with van der Waals surface area (Å²) in [7, 11) is 3.66. The van der Waals surface area contributed by atoms with E-state index in [1.807, 2.05) is 14.1 Å². The van der Waals surface area contributed by atoms with Gasteiger partial charge >= 0.3 is 0 Å². The van der Waals surface area contributed by atoms with Crippen LogP contribution in [-0.2, 0) is 0 Å². The van der Waals surface area contributed by atoms with Gasteiger partial charge in [0.15, 0.2) is 0 Å². The zero-order valence-electron chi connectivity index (χ0n) is 13.1. The lowest BCUT2D eigenvalue weighted by molar-refractivity contribution is 0.0857. The summed E-state index contributed by atoms with van der Waals surface area (Å²) in [5.74, 6) is 0.162. The molecular formula is C17H23FN2O2. The first-order valence-electron chi connectivity index (χ1n) is 7.90. The summed E-state index contributed by atoms with van der Waals surface area (Å²) in [6.45, 7) is 0.0914. The predicted octanol–water partition coefficient (Wildman–Crippen LogP) is 2.03. The van der Waals surface area contributed by atoms with Gasteiger partial charge in [-0.1, -0.05) is 0 Å². The summed E-state index contributed by atoms with van der Waals surface area (Å²) < 4.78 is 14.2. The zero-order chi connectivity index (χ0) is 15.9. The van der Waals surface area contributed by atoms with Crippen LogP contribution in [0.4, 0.5) is 10.1 Å². The monoisotopic (exact) mass is 306 g/mol. The number of carbonyl (C=O) groups excluding carboxylic acids is 1. The Morgan fingerprint density at radius 2 is 2.09 bits per heavy atom. The average molecular weight is 306 g/mol. The molecule has 0 saturated heterocycles. The van der Waals surface area contributed by atoms with E-state index in [9.17, 15) is 14.3 Å². The van der Waals surface area contributed by atoms with Crippen molar-refractivity contribution in [3.8, 4) is 0 Å². The zero-order valence-corrected chi connectivity index (χ0v) is 13.1. The Hall–Kier alpha value is -1.62. The Kier molecular flexibility index (Phi) is 4.08. The molecule has 0 aromatic heterocycles. The van der Waals surface area contributed by atoms with Crippen LogP contribution < -0.4 is 10.2 Å². The third-order valence-corrected chi connectivity index (χ3v) is 5.31. The number of benzene rings is 1. The number of fused-ring (bicyclic) bond motifs is 2. The number of amides is 1. The fourth-order valence-corrected chi connectivity index (χ4v) is 4.09. The second-order valence-corrected chi connectivity index (χ2v) is 6.74. The van der Waals surface area contributed by atoms with E-state index < -0.39 is 5.82 Å². The van der Waals surface area contributed by atoms with Crippen LogP contribution in [0.5, 0.6) is 0 Å². The summed E-state index contributed by atoms with van der Waals surface area (Å²) in [5.41, 5.74) is 0.798. The molecule has 0 aliphatic heterocycles. The van der Waals surface area contributed by atoms with E-state index in [0.29, 0.717) is 11.8 Å². The number of nitrogens with zero attached hydrogens (tertiary/aromatic N) is 1. The molecule has 1 amide bonds. The largest absolute Gasteiger partial charge is 0.396 e. The molecule has 1 aromatic carbocycles. The number of carbonyl (C=O) groups is 1. The second-order valence-electron chi connectivity index (χ2n) is 6.74. The van der Waals surface area contributed by atoms with Crippen LogP contribution in [0.2, 0.25) is 0 Å². The minimum atomic E-state index is -0.507. The van der Waals surface area contributed by atoms with Gasteiger partial charge in [0.1, 0.15) is 5.82 Å². The molecule has 4 nitrogen and oxygen atoms in total. The molecule has 4 unspecified atom stereocenters. The Bertz CT molecular complexity index is 576. The first-order valence-corrected chi connectivity index (χ1v) is 7.90. The van der Waals surface area contributed by atoms with Gasteiger partial charge in [0, 0.05) is 38.3 Å². The van der Waals surface area contributed by atoms with Gasteiger partial charge in [0.25, 0.3) is 5.91 Å². The molecule has 0 spiro atoms. The standard InChI is InChI=1S/C17H23FN2O2/c1-20(2)12-5-6-13(15(18)8-12)17(22)19-16-11-4-3-10(7-11)14(16)9-21/h5-6,8,10-11,14,16,21H,3-4,7,9H2,1-2H3,(H,19,22). The van der Waals surface area contributed by atoms with Gasteiger partial charge in [-0.3, -0.25) is 4.79 Å². The maximum absolute atomic E-state index is 14.2. The van der Waals surface area contributed by atoms with Crippen molar-refractivity contribution in [2.24, 2.45) is 17.8 Å². The first-order chi connectivity index (χ1) is 10.5. The Balaban J connectivity index is 1.75. The number of aliphatic hydroxyl groups excluding tert-OH is 1. The third-order valence-electron chi connectivity index (χ3n) is 5.31. The number of hydrogen-bond acceptors (Lipinski definition) is 3. The molecule has 4 atom stereocenters. The van der Waals surface area contributed by atoms with Crippen LogP contribution in [0.1, 0.15) is 29.6 Å². The highest BCUT2D eigenvalue weighted by Gasteiger charge is 2.47. The van der Waals surface area contributed by atoms with E-state index in [4.69, 9.17) is 0 Å². The SMILES string of the molecule is CN(C)c1ccc(C(=O)NC2C3CCC(C3)C2CO)c(F)c1. The van der Waals surface area contributed by atoms with Gasteiger partial charge < -0.3 is 15.3 Å². The second kappa shape index (κ2) is 5.88. The predicted molar refractivity (Wildman–Crippen MR) is 83.4 cm³/mol. The molecule has 2 saturated carbocycles. The van der Waals surface area contributed by atoms with Crippen molar-refractivity contribution in [2.45, 2.75) is 25.3 Å². The van der Waals surface area contributed by atoms with E-state index in [0.717, 1.165) is 24.9 Å². The van der Waals surface area contributed by atoms with Crippen LogP contribution in [0, 0.1) is 23.6 Å². The number of aliphatic hydroxyl groups is 1. The molecule has 2 aliphatic rings. The van der Waals surface area contributed by atoms with Gasteiger partial charge in [0.05, 0.1) is 5.56 Å². The molecule has 2 bridgehead atoms. The fraction of sp³-hybridized carbons (Fsp3) is 0.588. The summed E-state index contributed by atoms with van der Waals surface area (Å²) >= 11 is 0. The quantitative estimate of drug-likeness (QED) is 0.895. The molecule has 120 valence electrons. The highest BCUT2D eigenvalue weighted by atomic mass is 19.1. The molecule has 3 rings (SSSR count). The number of rotatable bonds is 4. The van der Waals surface area contributed by atoms with Crippen LogP contribution >= 0.6 is 0 Å². The Morgan fingerprint density at radius 1 is 1.36 bits per heavy atom. The van der Waals surface area contributed by atoms with Crippen molar-refractivity contribution in [2.75, 3.05) is 25.6 Å². The molecule has 2 fully saturated rings. The molecule has 0 heterocycles. The Morgan fingerprint density at radius 3 is 2.73 bits per heavy atom. The van der Waals surface area contributed by atoms with Crippen molar-refractivity contribution >= 4 is 11.6 Å². The molecule has 0 radical (unpaired) electrons. The smallest absolute Gasteiger partial charge is 0.254 e. The number of nitrogens with one attached hydrogen (secondary N) is 1. The van der Waals surface area contributed by atoms with Gasteiger partial charge in [-0.2, -0.15) is 0 Å². The highest BCUT2D eigenvalue weighted by molar-refractivity contribution is 5.95. The van der Waals surface area contributed by atoms with Crippen molar-refractivity contribution in [1.29, 1.82) is 0 Å². The Labute approximate surface area is 130 Å². The van der Waals surface area contributed by atoms with Gasteiger partial charge in [-0.15, -0.1) is 0 Å². The minimum Gasteiger partial charge on any atom is -0.396 e. The normalized spacial score (nSPS) is 29.6. The number of halogens is 1. The first kappa shape index (κ1) is 15.3. The lowest BCUT2D eigenvalue weighted by Gasteiger charge is -2.30. The van der Waals surface area contributed by atoms with Crippen molar-refractivity contribution in [3.05, 3.63) is 29.6 Å². The summed E-state index contributed by atoms with van der Waals surface area (Å²) in [5, 5.41) is 12.5. The lowest BCUT2D eigenvalue weighted by atomic mass is 9.85. The maximum atomic E-state index is 14.2. The van der Waals surface area contributed by atoms with Gasteiger partial charge in [-0.05, 0) is 49.3 Å². The third kappa shape index (κ3) is 2.58. The highest BCUT2D eigenvalue weighted by Crippen LogP contribution is 2.48. The molecule has 2 N–H and O–H groups in total. The number of anilines is 1. The molecule has 22 heavy (non-hydrogen) atoms. The van der Waals surface area contributed by atoms with Crippen molar-refractivity contribution < 1.29 is 14.3 Å². The van der Waals surface area contributed by atoms with E-state index in [2.05, 4.69) is 5.32 Å². The lowest BCUT2D eigenvalue weighted by Crippen LogP contribution is -2.45. The van der Waals surface area contributed by atoms with Crippen LogP contribution in [0.3, 0.4) is 0 Å². The maximum Gasteiger partial charge on any atom is 0.254 e. The van der Waals surface area contributed by atoms with Crippen molar-refractivity contribution in [1.82, 2.24) is 5.32 Å². The summed E-state index contributed by atoms with van der Waals surface area (Å²) in [6.07, 6.45) is 3.29. The average Bonchev–Trinajstić information content (AvgIpc) is 3.07. The van der Waals surface area contributed by atoms with E-state index in [-0.39, 0.29) is 30.0 Å². The van der Waals surface area contributed by atoms with Gasteiger partial charge in [0.2, 0.25) is 0 Å². The van der Waals surface area contributed by atoms with Crippen LogP contribution in [0.25, 0.3) is 0 Å². The molecule has 5 heteroatoms. The summed E-state index contributed by atoms with van der Waals surface area (Å²) in [4.78, 5) is 14.2. The minimum absolute atomic E-state index is 0.0239. The number of hydrogen-bond donors (Lipinski definition) is 2. The molecule has 1 aromatic rings. The van der Waals surface area contributed by atoms with E-state index in [1.165, 1.54) is 12.1 Å². The van der Waals surface area contributed by atoms with E-state index in [1.54, 1.807) is 11.0 Å². The van der Waals surface area contributed by atoms with Crippen molar-refractivity contribution in [3.63, 3.8) is 0 Å². The topological polar surface area (TPSA) is 52.6 Å². The van der Waals surface area contributed by atoms with Crippen LogP contribution in [0.15, 0.2) is 18.2 Å². The fourth-order valence-electron chi connectivity index (χ4n) is 4.09.